The van der Waals surface area contributed by atoms with Gasteiger partial charge >= 0.3 is 0 Å². The molecule has 68 heavy (non-hydrogen) atoms. The van der Waals surface area contributed by atoms with Crippen LogP contribution >= 0.6 is 0 Å². The number of fused-ring (bicyclic) bond motifs is 16. The number of hydrogen-bond acceptors (Lipinski definition) is 2. The van der Waals surface area contributed by atoms with Gasteiger partial charge in [-0.1, -0.05) is 177 Å². The molecule has 0 aromatic heterocycles. The first-order valence-corrected chi connectivity index (χ1v) is 27.4. The van der Waals surface area contributed by atoms with E-state index in [2.05, 4.69) is 267 Å². The van der Waals surface area contributed by atoms with Gasteiger partial charge in [0.15, 0.2) is 0 Å². The van der Waals surface area contributed by atoms with Crippen LogP contribution < -0.4 is 15.0 Å². The van der Waals surface area contributed by atoms with Crippen molar-refractivity contribution in [1.29, 1.82) is 0 Å². The van der Waals surface area contributed by atoms with Gasteiger partial charge in [-0.2, -0.15) is 0 Å². The van der Waals surface area contributed by atoms with Crippen LogP contribution in [0.3, 0.4) is 0 Å². The second kappa shape index (κ2) is 15.3. The van der Waals surface area contributed by atoms with Crippen LogP contribution in [0.1, 0.15) is 27.8 Å². The Labute approximate surface area is 400 Å². The number of nitrogens with zero attached hydrogens (tertiary/aromatic N) is 2. The molecule has 0 fully saturated rings. The van der Waals surface area contributed by atoms with Gasteiger partial charge in [0.1, 0.15) is 0 Å². The van der Waals surface area contributed by atoms with E-state index < -0.39 is 13.5 Å². The lowest BCUT2D eigenvalue weighted by atomic mass is 9.69. The summed E-state index contributed by atoms with van der Waals surface area (Å²) in [6.45, 7) is 9.56. The first-order valence-electron chi connectivity index (χ1n) is 23.9. The van der Waals surface area contributed by atoms with E-state index in [-0.39, 0.29) is 0 Å². The molecule has 1 spiro atoms. The fourth-order valence-electron chi connectivity index (χ4n) is 12.0. The van der Waals surface area contributed by atoms with Crippen molar-refractivity contribution in [2.24, 2.45) is 0 Å². The molecule has 2 nitrogen and oxygen atoms in total. The van der Waals surface area contributed by atoms with E-state index in [1.165, 1.54) is 98.9 Å². The minimum atomic E-state index is -1.74. The van der Waals surface area contributed by atoms with Crippen molar-refractivity contribution in [2.75, 3.05) is 9.80 Å². The molecule has 0 aliphatic heterocycles. The van der Waals surface area contributed by atoms with Crippen molar-refractivity contribution in [2.45, 2.75) is 32.0 Å². The first kappa shape index (κ1) is 40.3. The molecular formula is C65H50N2Si. The average molecular weight is 887 g/mol. The van der Waals surface area contributed by atoms with Crippen molar-refractivity contribution in [3.8, 4) is 22.3 Å². The molecule has 0 bridgehead atoms. The third-order valence-corrected chi connectivity index (χ3v) is 16.9. The minimum Gasteiger partial charge on any atom is -0.311 e. The maximum atomic E-state index is 2.56. The Kier molecular flexibility index (Phi) is 9.06. The van der Waals surface area contributed by atoms with E-state index in [0.717, 1.165) is 22.7 Å². The summed E-state index contributed by atoms with van der Waals surface area (Å²) in [6.07, 6.45) is 0. The summed E-state index contributed by atoms with van der Waals surface area (Å²) in [4.78, 5) is 4.91. The summed E-state index contributed by atoms with van der Waals surface area (Å²) in [5, 5.41) is 8.99. The topological polar surface area (TPSA) is 6.48 Å². The summed E-state index contributed by atoms with van der Waals surface area (Å²) in [7, 11) is -1.74. The molecule has 0 amide bonds. The zero-order valence-corrected chi connectivity index (χ0v) is 39.8. The summed E-state index contributed by atoms with van der Waals surface area (Å²) >= 11 is 0. The van der Waals surface area contributed by atoms with E-state index in [1.807, 2.05) is 0 Å². The normalized spacial score (nSPS) is 13.1. The highest BCUT2D eigenvalue weighted by Crippen LogP contribution is 2.66. The number of benzene rings is 11. The molecule has 3 heteroatoms. The second-order valence-electron chi connectivity index (χ2n) is 19.7. The molecule has 0 atom stereocenters. The SMILES string of the molecule is Cc1ccccc1N(c1ccccc1)c1ccc2c3c(c4ccccc4c2c1)-c1cc2ccc(N(c4ccccc4)c4ccccc4[Si](C)(C)C)cc2cc1C31c2ccccc2-c2ccccc21. The molecule has 2 aliphatic rings. The molecular weight excluding hydrogens is 837 g/mol. The Morgan fingerprint density at radius 2 is 0.897 bits per heavy atom. The van der Waals surface area contributed by atoms with Gasteiger partial charge in [-0.15, -0.1) is 0 Å². The molecule has 0 saturated carbocycles. The van der Waals surface area contributed by atoms with Crippen molar-refractivity contribution >= 4 is 79.7 Å². The van der Waals surface area contributed by atoms with Crippen LogP contribution in [0.4, 0.5) is 34.1 Å². The zero-order chi connectivity index (χ0) is 45.7. The van der Waals surface area contributed by atoms with E-state index in [0.29, 0.717) is 0 Å². The smallest absolute Gasteiger partial charge is 0.0803 e. The van der Waals surface area contributed by atoms with Crippen LogP contribution in [0.25, 0.3) is 54.6 Å². The Bertz CT molecular complexity index is 3760. The first-order chi connectivity index (χ1) is 33.3. The van der Waals surface area contributed by atoms with Crippen LogP contribution in [-0.2, 0) is 5.41 Å². The molecule has 13 rings (SSSR count). The predicted molar refractivity (Wildman–Crippen MR) is 292 cm³/mol. The monoisotopic (exact) mass is 886 g/mol. The Morgan fingerprint density at radius 1 is 0.353 bits per heavy atom. The molecule has 0 N–H and O–H groups in total. The Hall–Kier alpha value is -7.98. The van der Waals surface area contributed by atoms with Gasteiger partial charge in [0.25, 0.3) is 0 Å². The van der Waals surface area contributed by atoms with Crippen LogP contribution in [0.2, 0.25) is 19.6 Å². The molecule has 11 aromatic rings. The minimum absolute atomic E-state index is 0.565. The number of hydrogen-bond donors (Lipinski definition) is 0. The van der Waals surface area contributed by atoms with Crippen molar-refractivity contribution in [1.82, 2.24) is 0 Å². The fraction of sp³-hybridized carbons (Fsp3) is 0.0769. The van der Waals surface area contributed by atoms with Crippen LogP contribution in [0.5, 0.6) is 0 Å². The summed E-state index contributed by atoms with van der Waals surface area (Å²) in [5.41, 5.74) is 18.3. The van der Waals surface area contributed by atoms with Gasteiger partial charge in [0.2, 0.25) is 0 Å². The fourth-order valence-corrected chi connectivity index (χ4v) is 13.5. The van der Waals surface area contributed by atoms with Gasteiger partial charge in [-0.05, 0) is 167 Å². The van der Waals surface area contributed by atoms with E-state index in [9.17, 15) is 0 Å². The molecule has 11 aromatic carbocycles. The third kappa shape index (κ3) is 5.89. The molecule has 0 radical (unpaired) electrons. The quantitative estimate of drug-likeness (QED) is 0.116. The lowest BCUT2D eigenvalue weighted by molar-refractivity contribution is 0.803. The molecule has 324 valence electrons. The van der Waals surface area contributed by atoms with Crippen molar-refractivity contribution in [3.63, 3.8) is 0 Å². The lowest BCUT2D eigenvalue weighted by Gasteiger charge is -2.33. The van der Waals surface area contributed by atoms with Crippen LogP contribution in [-0.4, -0.2) is 8.07 Å². The largest absolute Gasteiger partial charge is 0.311 e. The van der Waals surface area contributed by atoms with Crippen molar-refractivity contribution in [3.05, 3.63) is 258 Å². The lowest BCUT2D eigenvalue weighted by Crippen LogP contribution is -2.40. The van der Waals surface area contributed by atoms with Crippen LogP contribution in [0.15, 0.2) is 231 Å². The summed E-state index contributed by atoms with van der Waals surface area (Å²) < 4.78 is 0. The van der Waals surface area contributed by atoms with Gasteiger partial charge in [-0.3, -0.25) is 0 Å². The summed E-state index contributed by atoms with van der Waals surface area (Å²) in [5.74, 6) is 0. The second-order valence-corrected chi connectivity index (χ2v) is 24.7. The number of aryl methyl sites for hydroxylation is 1. The maximum absolute atomic E-state index is 2.56. The van der Waals surface area contributed by atoms with Crippen molar-refractivity contribution < 1.29 is 0 Å². The van der Waals surface area contributed by atoms with E-state index in [4.69, 9.17) is 0 Å². The molecule has 0 unspecified atom stereocenters. The third-order valence-electron chi connectivity index (χ3n) is 14.8. The Morgan fingerprint density at radius 3 is 1.57 bits per heavy atom. The molecule has 2 aliphatic carbocycles. The highest BCUT2D eigenvalue weighted by Gasteiger charge is 2.53. The standard InChI is InChI=1S/C65H50N2Si/c1-43-21-11-18-32-60(43)66(46-22-7-5-8-23-46)49-37-38-54-55(42-49)50-26-12-13-29-53(50)63-56-40-44-35-36-48(67(47-24-9-6-10-25-47)61-33-19-20-34-62(61)68(2,3)4)39-45(44)41-59(56)65(64(54)63)57-30-16-14-27-51(57)52-28-15-17-31-58(52)65/h5-42H,1-4H3. The maximum Gasteiger partial charge on any atom is 0.0803 e. The molecule has 0 heterocycles. The van der Waals surface area contributed by atoms with Gasteiger partial charge in [0.05, 0.1) is 13.5 Å². The van der Waals surface area contributed by atoms with Gasteiger partial charge < -0.3 is 9.80 Å². The Balaban J connectivity index is 1.12. The number of anilines is 6. The predicted octanol–water partition coefficient (Wildman–Crippen LogP) is 17.3. The van der Waals surface area contributed by atoms with Crippen LogP contribution in [0, 0.1) is 6.92 Å². The number of rotatable bonds is 7. The average Bonchev–Trinajstić information content (AvgIpc) is 3.84. The van der Waals surface area contributed by atoms with E-state index in [1.54, 1.807) is 0 Å². The van der Waals surface area contributed by atoms with Gasteiger partial charge in [0, 0.05) is 34.1 Å². The van der Waals surface area contributed by atoms with Gasteiger partial charge in [-0.25, -0.2) is 0 Å². The highest BCUT2D eigenvalue weighted by atomic mass is 28.3. The highest BCUT2D eigenvalue weighted by molar-refractivity contribution is 6.89. The van der Waals surface area contributed by atoms with E-state index >= 15 is 0 Å². The molecule has 0 saturated heterocycles. The summed E-state index contributed by atoms with van der Waals surface area (Å²) in [6, 6.07) is 86.5. The number of para-hydroxylation sites is 4. The zero-order valence-electron chi connectivity index (χ0n) is 38.8.